The molecule has 3 atom stereocenters. The van der Waals surface area contributed by atoms with Crippen molar-refractivity contribution >= 4 is 0 Å². The zero-order chi connectivity index (χ0) is 18.6. The minimum Gasteiger partial charge on any atom is -0.508 e. The molecule has 2 nitrogen and oxygen atoms in total. The second kappa shape index (κ2) is 6.19. The van der Waals surface area contributed by atoms with Gasteiger partial charge in [-0.2, -0.15) is 0 Å². The minimum atomic E-state index is 0.249. The third-order valence-corrected chi connectivity index (χ3v) is 6.54. The van der Waals surface area contributed by atoms with E-state index < -0.39 is 0 Å². The molecule has 2 aromatic carbocycles. The van der Waals surface area contributed by atoms with Crippen molar-refractivity contribution in [2.45, 2.75) is 52.9 Å². The van der Waals surface area contributed by atoms with Gasteiger partial charge in [-0.05, 0) is 104 Å². The van der Waals surface area contributed by atoms with Crippen LogP contribution in [0.3, 0.4) is 0 Å². The highest BCUT2D eigenvalue weighted by atomic mass is 16.3. The number of aromatic hydroxyl groups is 2. The minimum absolute atomic E-state index is 0.249. The van der Waals surface area contributed by atoms with Gasteiger partial charge >= 0.3 is 0 Å². The quantitative estimate of drug-likeness (QED) is 0.686. The lowest BCUT2D eigenvalue weighted by atomic mass is 9.70. The average molecular weight is 348 g/mol. The lowest BCUT2D eigenvalue weighted by Gasteiger charge is -2.34. The van der Waals surface area contributed by atoms with Gasteiger partial charge in [-0.15, -0.1) is 0 Å². The smallest absolute Gasteiger partial charge is 0.119 e. The Morgan fingerprint density at radius 1 is 0.885 bits per heavy atom. The molecule has 0 aromatic heterocycles. The Balaban J connectivity index is 1.90. The number of aryl methyl sites for hydroxylation is 3. The normalized spacial score (nSPS) is 22.5. The molecule has 0 amide bonds. The number of benzene rings is 2. The number of phenolic OH excluding ortho intramolecular Hbond substituents is 2. The molecule has 2 bridgehead atoms. The first-order valence-corrected chi connectivity index (χ1v) is 9.65. The molecule has 2 N–H and O–H groups in total. The molecule has 4 rings (SSSR count). The van der Waals surface area contributed by atoms with Crippen molar-refractivity contribution in [3.05, 3.63) is 69.3 Å². The second-order valence-corrected chi connectivity index (χ2v) is 8.37. The van der Waals surface area contributed by atoms with Gasteiger partial charge in [0, 0.05) is 5.92 Å². The highest BCUT2D eigenvalue weighted by Crippen LogP contribution is 2.53. The molecule has 0 aliphatic heterocycles. The predicted molar refractivity (Wildman–Crippen MR) is 106 cm³/mol. The Morgan fingerprint density at radius 3 is 2.31 bits per heavy atom. The maximum absolute atomic E-state index is 10.5. The molecule has 3 unspecified atom stereocenters. The molecule has 0 saturated heterocycles. The van der Waals surface area contributed by atoms with Crippen LogP contribution in [-0.2, 0) is 0 Å². The lowest BCUT2D eigenvalue weighted by molar-refractivity contribution is 0.337. The van der Waals surface area contributed by atoms with Crippen LogP contribution in [-0.4, -0.2) is 10.2 Å². The number of phenols is 2. The summed E-state index contributed by atoms with van der Waals surface area (Å²) in [5.74, 6) is 2.17. The van der Waals surface area contributed by atoms with E-state index in [9.17, 15) is 10.2 Å². The topological polar surface area (TPSA) is 40.5 Å². The van der Waals surface area contributed by atoms with E-state index in [1.807, 2.05) is 26.0 Å². The summed E-state index contributed by atoms with van der Waals surface area (Å²) in [6, 6.07) is 8.15. The Labute approximate surface area is 156 Å². The van der Waals surface area contributed by atoms with Crippen LogP contribution in [0.1, 0.15) is 58.6 Å². The summed E-state index contributed by atoms with van der Waals surface area (Å²) in [7, 11) is 0. The van der Waals surface area contributed by atoms with Crippen molar-refractivity contribution in [3.63, 3.8) is 0 Å². The van der Waals surface area contributed by atoms with E-state index in [1.165, 1.54) is 24.0 Å². The molecule has 0 fully saturated rings. The maximum Gasteiger partial charge on any atom is 0.119 e. The van der Waals surface area contributed by atoms with Crippen LogP contribution in [0.5, 0.6) is 11.5 Å². The van der Waals surface area contributed by atoms with Gasteiger partial charge < -0.3 is 10.2 Å². The molecule has 26 heavy (non-hydrogen) atoms. The van der Waals surface area contributed by atoms with Gasteiger partial charge in [0.15, 0.2) is 0 Å². The van der Waals surface area contributed by atoms with Gasteiger partial charge in [-0.3, -0.25) is 0 Å². The van der Waals surface area contributed by atoms with Crippen LogP contribution in [0.15, 0.2) is 35.9 Å². The summed E-state index contributed by atoms with van der Waals surface area (Å²) in [6.07, 6.45) is 6.15. The molecule has 2 aliphatic rings. The molecule has 0 radical (unpaired) electrons. The number of allylic oxidation sites excluding steroid dienone is 2. The van der Waals surface area contributed by atoms with Gasteiger partial charge in [0.1, 0.15) is 11.5 Å². The van der Waals surface area contributed by atoms with Crippen molar-refractivity contribution < 1.29 is 10.2 Å². The van der Waals surface area contributed by atoms with E-state index in [0.717, 1.165) is 28.7 Å². The number of hydrogen-bond donors (Lipinski definition) is 2. The Kier molecular flexibility index (Phi) is 4.10. The summed E-state index contributed by atoms with van der Waals surface area (Å²) < 4.78 is 0. The van der Waals surface area contributed by atoms with Crippen LogP contribution in [0.25, 0.3) is 0 Å². The molecule has 0 heterocycles. The van der Waals surface area contributed by atoms with E-state index in [4.69, 9.17) is 0 Å². The number of hydrogen-bond acceptors (Lipinski definition) is 2. The third kappa shape index (κ3) is 2.72. The zero-order valence-corrected chi connectivity index (χ0v) is 16.1. The lowest BCUT2D eigenvalue weighted by Crippen LogP contribution is -2.23. The van der Waals surface area contributed by atoms with Crippen molar-refractivity contribution in [2.24, 2.45) is 11.8 Å². The third-order valence-electron chi connectivity index (χ3n) is 6.54. The van der Waals surface area contributed by atoms with Crippen LogP contribution in [0, 0.1) is 39.5 Å². The monoisotopic (exact) mass is 348 g/mol. The van der Waals surface area contributed by atoms with Crippen LogP contribution >= 0.6 is 0 Å². The second-order valence-electron chi connectivity index (χ2n) is 8.37. The van der Waals surface area contributed by atoms with E-state index in [2.05, 4.69) is 32.1 Å². The molecule has 2 aromatic rings. The van der Waals surface area contributed by atoms with E-state index in [0.29, 0.717) is 23.3 Å². The zero-order valence-electron chi connectivity index (χ0n) is 16.1. The highest BCUT2D eigenvalue weighted by Gasteiger charge is 2.40. The summed E-state index contributed by atoms with van der Waals surface area (Å²) in [4.78, 5) is 0. The van der Waals surface area contributed by atoms with Crippen molar-refractivity contribution in [1.29, 1.82) is 0 Å². The molecule has 136 valence electrons. The largest absolute Gasteiger partial charge is 0.508 e. The van der Waals surface area contributed by atoms with Crippen LogP contribution in [0.4, 0.5) is 0 Å². The van der Waals surface area contributed by atoms with Crippen LogP contribution in [0.2, 0.25) is 0 Å². The summed E-state index contributed by atoms with van der Waals surface area (Å²) in [6.45, 7) is 8.15. The van der Waals surface area contributed by atoms with Gasteiger partial charge in [0.25, 0.3) is 0 Å². The van der Waals surface area contributed by atoms with E-state index >= 15 is 0 Å². The summed E-state index contributed by atoms with van der Waals surface area (Å²) in [5, 5.41) is 20.6. The highest BCUT2D eigenvalue weighted by molar-refractivity contribution is 5.52. The van der Waals surface area contributed by atoms with Crippen LogP contribution < -0.4 is 0 Å². The SMILES string of the molecule is Cc1cc(O)c(C)c(C(c2cc(C)c(O)cc2C)C2CC3=CC2CC3)c1. The first kappa shape index (κ1) is 17.2. The molecule has 0 spiro atoms. The molecule has 2 aliphatic carbocycles. The van der Waals surface area contributed by atoms with Gasteiger partial charge in [0.05, 0.1) is 0 Å². The fourth-order valence-corrected chi connectivity index (χ4v) is 5.13. The number of rotatable bonds is 3. The van der Waals surface area contributed by atoms with E-state index in [-0.39, 0.29) is 5.92 Å². The first-order valence-electron chi connectivity index (χ1n) is 9.65. The average Bonchev–Trinajstić information content (AvgIpc) is 3.20. The van der Waals surface area contributed by atoms with Crippen molar-refractivity contribution in [1.82, 2.24) is 0 Å². The molecule has 0 saturated carbocycles. The Hall–Kier alpha value is -2.22. The van der Waals surface area contributed by atoms with Gasteiger partial charge in [0.2, 0.25) is 0 Å². The summed E-state index contributed by atoms with van der Waals surface area (Å²) >= 11 is 0. The first-order chi connectivity index (χ1) is 12.3. The van der Waals surface area contributed by atoms with Crippen molar-refractivity contribution in [3.8, 4) is 11.5 Å². The molecular formula is C24H28O2. The van der Waals surface area contributed by atoms with E-state index in [1.54, 1.807) is 5.57 Å². The number of fused-ring (bicyclic) bond motifs is 1. The Morgan fingerprint density at radius 2 is 1.65 bits per heavy atom. The van der Waals surface area contributed by atoms with Gasteiger partial charge in [-0.1, -0.05) is 23.8 Å². The van der Waals surface area contributed by atoms with Crippen molar-refractivity contribution in [2.75, 3.05) is 0 Å². The fraction of sp³-hybridized carbons (Fsp3) is 0.417. The standard InChI is InChI=1S/C24H28O2/c1-13-7-20(16(4)23(26)8-13)24(21-12-17-5-6-18(21)11-17)19-9-15(3)22(25)10-14(19)2/h7-11,18,21,24-26H,5-6,12H2,1-4H3. The Bertz CT molecular complexity index is 907. The molecule has 2 heteroatoms. The summed E-state index contributed by atoms with van der Waals surface area (Å²) in [5.41, 5.74) is 8.27. The fourth-order valence-electron chi connectivity index (χ4n) is 5.13. The maximum atomic E-state index is 10.5. The molecular weight excluding hydrogens is 320 g/mol. The van der Waals surface area contributed by atoms with Gasteiger partial charge in [-0.25, -0.2) is 0 Å². The predicted octanol–water partition coefficient (Wildman–Crippen LogP) is 5.82.